The van der Waals surface area contributed by atoms with Crippen LogP contribution in [0.15, 0.2) is 23.8 Å². The first-order valence-electron chi connectivity index (χ1n) is 8.86. The van der Waals surface area contributed by atoms with E-state index >= 15 is 0 Å². The molecule has 0 aliphatic carbocycles. The first kappa shape index (κ1) is 19.2. The molecule has 2 aliphatic rings. The fraction of sp³-hybridized carbons (Fsp3) is 0.632. The molecule has 3 amide bonds. The van der Waals surface area contributed by atoms with Gasteiger partial charge in [0.1, 0.15) is 5.60 Å². The smallest absolute Gasteiger partial charge is 0.410 e. The molecule has 0 saturated carbocycles. The fourth-order valence-corrected chi connectivity index (χ4v) is 3.00. The lowest BCUT2D eigenvalue weighted by Crippen LogP contribution is -2.42. The van der Waals surface area contributed by atoms with Crippen LogP contribution in [0.4, 0.5) is 4.79 Å². The second-order valence-corrected chi connectivity index (χ2v) is 7.64. The van der Waals surface area contributed by atoms with Crippen LogP contribution in [0.2, 0.25) is 0 Å². The summed E-state index contributed by atoms with van der Waals surface area (Å²) in [6.07, 6.45) is 7.19. The van der Waals surface area contributed by atoms with Gasteiger partial charge in [-0.3, -0.25) is 14.5 Å². The van der Waals surface area contributed by atoms with Crippen LogP contribution >= 0.6 is 0 Å². The lowest BCUT2D eigenvalue weighted by atomic mass is 9.94. The Morgan fingerprint density at radius 1 is 1.20 bits per heavy atom. The number of hydrogen-bond acceptors (Lipinski definition) is 4. The van der Waals surface area contributed by atoms with E-state index in [9.17, 15) is 14.4 Å². The minimum Gasteiger partial charge on any atom is -0.444 e. The van der Waals surface area contributed by atoms with Crippen molar-refractivity contribution in [1.29, 1.82) is 0 Å². The molecule has 1 saturated heterocycles. The summed E-state index contributed by atoms with van der Waals surface area (Å²) in [5.41, 5.74) is 0.103. The average Bonchev–Trinajstić information content (AvgIpc) is 2.53. The van der Waals surface area contributed by atoms with Crippen molar-refractivity contribution in [3.63, 3.8) is 0 Å². The third-order valence-electron chi connectivity index (χ3n) is 4.31. The number of likely N-dealkylation sites (tertiary alicyclic amines) is 1. The molecule has 0 aromatic rings. The summed E-state index contributed by atoms with van der Waals surface area (Å²) in [5.74, 6) is -0.231. The molecular weight excluding hydrogens is 320 g/mol. The van der Waals surface area contributed by atoms with Gasteiger partial charge < -0.3 is 9.64 Å². The summed E-state index contributed by atoms with van der Waals surface area (Å²) in [6.45, 7) is 8.99. The summed E-state index contributed by atoms with van der Waals surface area (Å²) in [4.78, 5) is 39.3. The van der Waals surface area contributed by atoms with Crippen molar-refractivity contribution < 1.29 is 19.1 Å². The minimum atomic E-state index is -0.494. The second-order valence-electron chi connectivity index (χ2n) is 7.64. The Hall–Kier alpha value is -2.11. The van der Waals surface area contributed by atoms with E-state index in [2.05, 4.69) is 0 Å². The highest BCUT2D eigenvalue weighted by molar-refractivity contribution is 6.07. The molecule has 1 fully saturated rings. The number of rotatable bonds is 2. The maximum absolute atomic E-state index is 12.4. The molecule has 138 valence electrons. The van der Waals surface area contributed by atoms with Gasteiger partial charge in [-0.1, -0.05) is 12.2 Å². The van der Waals surface area contributed by atoms with Crippen LogP contribution in [0.25, 0.3) is 0 Å². The van der Waals surface area contributed by atoms with Crippen LogP contribution < -0.4 is 0 Å². The van der Waals surface area contributed by atoms with Gasteiger partial charge in [-0.15, -0.1) is 0 Å². The molecule has 0 unspecified atom stereocenters. The molecule has 2 rings (SSSR count). The normalized spacial score (nSPS) is 20.0. The van der Waals surface area contributed by atoms with Crippen molar-refractivity contribution in [1.82, 2.24) is 9.80 Å². The Morgan fingerprint density at radius 2 is 1.84 bits per heavy atom. The van der Waals surface area contributed by atoms with Gasteiger partial charge in [-0.2, -0.15) is 0 Å². The topological polar surface area (TPSA) is 66.9 Å². The maximum Gasteiger partial charge on any atom is 0.410 e. The van der Waals surface area contributed by atoms with Gasteiger partial charge in [0.25, 0.3) is 11.8 Å². The van der Waals surface area contributed by atoms with E-state index in [0.29, 0.717) is 31.6 Å². The predicted molar refractivity (Wildman–Crippen MR) is 94.8 cm³/mol. The molecule has 0 N–H and O–H groups in total. The van der Waals surface area contributed by atoms with Crippen LogP contribution in [0, 0.1) is 5.92 Å². The van der Waals surface area contributed by atoms with E-state index in [4.69, 9.17) is 4.74 Å². The zero-order chi connectivity index (χ0) is 18.6. The quantitative estimate of drug-likeness (QED) is 0.720. The molecule has 2 heterocycles. The van der Waals surface area contributed by atoms with Gasteiger partial charge in [0, 0.05) is 25.2 Å². The monoisotopic (exact) mass is 348 g/mol. The zero-order valence-electron chi connectivity index (χ0n) is 15.6. The molecule has 0 radical (unpaired) electrons. The number of allylic oxidation sites excluding steroid dienone is 1. The molecule has 25 heavy (non-hydrogen) atoms. The van der Waals surface area contributed by atoms with E-state index in [-0.39, 0.29) is 23.8 Å². The van der Waals surface area contributed by atoms with Crippen LogP contribution in [-0.4, -0.2) is 52.9 Å². The number of carbonyl (C=O) groups excluding carboxylic acids is 3. The third kappa shape index (κ3) is 5.44. The van der Waals surface area contributed by atoms with Gasteiger partial charge in [-0.05, 0) is 59.0 Å². The van der Waals surface area contributed by atoms with E-state index in [0.717, 1.165) is 12.8 Å². The van der Waals surface area contributed by atoms with Crippen molar-refractivity contribution in [3.8, 4) is 0 Å². The molecule has 6 heteroatoms. The summed E-state index contributed by atoms with van der Waals surface area (Å²) >= 11 is 0. The molecule has 0 bridgehead atoms. The standard InChI is InChI=1S/C19H28N2O4/c1-14(17(23)21-10-6-5-7-16(21)22)13-15-8-11-20(12-9-15)18(24)25-19(2,3)4/h5,7,13,15H,6,8-12H2,1-4H3/b14-13+. The Bertz CT molecular complexity index is 593. The number of hydrogen-bond donors (Lipinski definition) is 0. The van der Waals surface area contributed by atoms with Gasteiger partial charge >= 0.3 is 6.09 Å². The summed E-state index contributed by atoms with van der Waals surface area (Å²) in [7, 11) is 0. The average molecular weight is 348 g/mol. The van der Waals surface area contributed by atoms with Crippen molar-refractivity contribution in [2.24, 2.45) is 5.92 Å². The molecule has 0 spiro atoms. The number of amides is 3. The highest BCUT2D eigenvalue weighted by Crippen LogP contribution is 2.22. The van der Waals surface area contributed by atoms with E-state index < -0.39 is 5.60 Å². The Balaban J connectivity index is 1.89. The van der Waals surface area contributed by atoms with Gasteiger partial charge in [0.15, 0.2) is 0 Å². The van der Waals surface area contributed by atoms with E-state index in [1.807, 2.05) is 26.8 Å². The first-order chi connectivity index (χ1) is 11.7. The first-order valence-corrected chi connectivity index (χ1v) is 8.86. The molecule has 0 aromatic carbocycles. The molecule has 6 nitrogen and oxygen atoms in total. The second kappa shape index (κ2) is 7.85. The number of nitrogens with zero attached hydrogens (tertiary/aromatic N) is 2. The van der Waals surface area contributed by atoms with Gasteiger partial charge in [0.05, 0.1) is 0 Å². The van der Waals surface area contributed by atoms with Crippen LogP contribution in [0.5, 0.6) is 0 Å². The van der Waals surface area contributed by atoms with Crippen molar-refractivity contribution in [2.75, 3.05) is 19.6 Å². The van der Waals surface area contributed by atoms with Crippen LogP contribution in [0.3, 0.4) is 0 Å². The highest BCUT2D eigenvalue weighted by Gasteiger charge is 2.27. The van der Waals surface area contributed by atoms with E-state index in [1.54, 1.807) is 17.9 Å². The zero-order valence-corrected chi connectivity index (χ0v) is 15.6. The van der Waals surface area contributed by atoms with Gasteiger partial charge in [-0.25, -0.2) is 4.79 Å². The predicted octanol–water partition coefficient (Wildman–Crippen LogP) is 2.89. The summed E-state index contributed by atoms with van der Waals surface area (Å²) < 4.78 is 5.39. The van der Waals surface area contributed by atoms with Crippen LogP contribution in [0.1, 0.15) is 47.0 Å². The van der Waals surface area contributed by atoms with Crippen molar-refractivity contribution in [2.45, 2.75) is 52.6 Å². The summed E-state index contributed by atoms with van der Waals surface area (Å²) in [5, 5.41) is 0. The highest BCUT2D eigenvalue weighted by atomic mass is 16.6. The van der Waals surface area contributed by atoms with Crippen molar-refractivity contribution in [3.05, 3.63) is 23.8 Å². The van der Waals surface area contributed by atoms with Crippen LogP contribution in [-0.2, 0) is 14.3 Å². The number of piperidine rings is 1. The Kier molecular flexibility index (Phi) is 6.03. The number of carbonyl (C=O) groups is 3. The Morgan fingerprint density at radius 3 is 2.40 bits per heavy atom. The van der Waals surface area contributed by atoms with Gasteiger partial charge in [0.2, 0.25) is 0 Å². The Labute approximate surface area is 149 Å². The lowest BCUT2D eigenvalue weighted by molar-refractivity contribution is -0.139. The largest absolute Gasteiger partial charge is 0.444 e. The van der Waals surface area contributed by atoms with E-state index in [1.165, 1.54) is 11.0 Å². The van der Waals surface area contributed by atoms with Crippen molar-refractivity contribution >= 4 is 17.9 Å². The maximum atomic E-state index is 12.4. The minimum absolute atomic E-state index is 0.219. The number of ether oxygens (including phenoxy) is 1. The summed E-state index contributed by atoms with van der Waals surface area (Å²) in [6, 6.07) is 0. The lowest BCUT2D eigenvalue weighted by Gasteiger charge is -2.32. The molecule has 2 aliphatic heterocycles. The molecule has 0 atom stereocenters. The number of imide groups is 1. The molecule has 0 aromatic heterocycles. The SMILES string of the molecule is C/C(=C\C1CCN(C(=O)OC(C)(C)C)CC1)C(=O)N1CCC=CC1=O. The third-order valence-corrected chi connectivity index (χ3v) is 4.31. The fourth-order valence-electron chi connectivity index (χ4n) is 3.00. The molecular formula is C19H28N2O4.